The van der Waals surface area contributed by atoms with E-state index < -0.39 is 17.7 Å². The predicted octanol–water partition coefficient (Wildman–Crippen LogP) is 2.82. The van der Waals surface area contributed by atoms with Crippen molar-refractivity contribution < 1.29 is 8.78 Å². The lowest BCUT2D eigenvalue weighted by atomic mass is 9.97. The zero-order valence-electron chi connectivity index (χ0n) is 12.2. The largest absolute Gasteiger partial charge is 0.313 e. The minimum Gasteiger partial charge on any atom is -0.313 e. The number of nitrogens with one attached hydrogen (secondary N) is 1. The fourth-order valence-electron chi connectivity index (χ4n) is 2.51. The SMILES string of the molecule is CNC(Cc1c(C)nn(C)c1C)c1c(F)cccc1F. The molecule has 1 atom stereocenters. The quantitative estimate of drug-likeness (QED) is 0.932. The van der Waals surface area contributed by atoms with Crippen LogP contribution in [0.15, 0.2) is 18.2 Å². The number of hydrogen-bond acceptors (Lipinski definition) is 2. The second kappa shape index (κ2) is 5.71. The molecule has 1 unspecified atom stereocenters. The molecular formula is C15H19F2N3. The lowest BCUT2D eigenvalue weighted by Gasteiger charge is -2.18. The summed E-state index contributed by atoms with van der Waals surface area (Å²) in [6, 6.07) is 3.52. The van der Waals surface area contributed by atoms with Crippen LogP contribution in [0.4, 0.5) is 8.78 Å². The van der Waals surface area contributed by atoms with E-state index in [9.17, 15) is 8.78 Å². The summed E-state index contributed by atoms with van der Waals surface area (Å²) >= 11 is 0. The maximum Gasteiger partial charge on any atom is 0.130 e. The number of nitrogens with zero attached hydrogens (tertiary/aromatic N) is 2. The summed E-state index contributed by atoms with van der Waals surface area (Å²) in [5, 5.41) is 7.33. The molecule has 0 saturated carbocycles. The second-order valence-corrected chi connectivity index (χ2v) is 4.95. The molecule has 0 fully saturated rings. The molecule has 0 radical (unpaired) electrons. The van der Waals surface area contributed by atoms with Gasteiger partial charge in [-0.1, -0.05) is 6.07 Å². The first-order chi connectivity index (χ1) is 9.45. The van der Waals surface area contributed by atoms with Crippen LogP contribution >= 0.6 is 0 Å². The number of aromatic nitrogens is 2. The normalized spacial score (nSPS) is 12.7. The molecule has 1 aromatic carbocycles. The molecule has 2 aromatic rings. The van der Waals surface area contributed by atoms with Gasteiger partial charge in [0.25, 0.3) is 0 Å². The van der Waals surface area contributed by atoms with Crippen molar-refractivity contribution in [2.75, 3.05) is 7.05 Å². The molecule has 0 aliphatic carbocycles. The fraction of sp³-hybridized carbons (Fsp3) is 0.400. The van der Waals surface area contributed by atoms with Crippen LogP contribution in [-0.2, 0) is 13.5 Å². The van der Waals surface area contributed by atoms with Gasteiger partial charge in [-0.25, -0.2) is 8.78 Å². The van der Waals surface area contributed by atoms with Gasteiger partial charge in [0.1, 0.15) is 11.6 Å². The number of aryl methyl sites for hydroxylation is 2. The lowest BCUT2D eigenvalue weighted by Crippen LogP contribution is -2.22. The smallest absolute Gasteiger partial charge is 0.130 e. The zero-order valence-corrected chi connectivity index (χ0v) is 12.2. The summed E-state index contributed by atoms with van der Waals surface area (Å²) in [6.07, 6.45) is 0.500. The van der Waals surface area contributed by atoms with Crippen molar-refractivity contribution in [2.45, 2.75) is 26.3 Å². The van der Waals surface area contributed by atoms with Crippen molar-refractivity contribution in [3.05, 3.63) is 52.3 Å². The number of benzene rings is 1. The van der Waals surface area contributed by atoms with Gasteiger partial charge in [0, 0.05) is 24.3 Å². The summed E-state index contributed by atoms with van der Waals surface area (Å²) in [5.74, 6) is -1.05. The first kappa shape index (κ1) is 14.7. The van der Waals surface area contributed by atoms with Gasteiger partial charge in [0.15, 0.2) is 0 Å². The molecule has 5 heteroatoms. The molecule has 0 bridgehead atoms. The monoisotopic (exact) mass is 279 g/mol. The number of hydrogen-bond donors (Lipinski definition) is 1. The molecular weight excluding hydrogens is 260 g/mol. The Morgan fingerprint density at radius 2 is 1.85 bits per heavy atom. The topological polar surface area (TPSA) is 29.9 Å². The van der Waals surface area contributed by atoms with Crippen LogP contribution in [0.5, 0.6) is 0 Å². The van der Waals surface area contributed by atoms with Crippen LogP contribution < -0.4 is 5.32 Å². The maximum atomic E-state index is 13.9. The van der Waals surface area contributed by atoms with Gasteiger partial charge >= 0.3 is 0 Å². The van der Waals surface area contributed by atoms with Crippen LogP contribution in [0.25, 0.3) is 0 Å². The fourth-order valence-corrected chi connectivity index (χ4v) is 2.51. The summed E-state index contributed by atoms with van der Waals surface area (Å²) < 4.78 is 29.6. The van der Waals surface area contributed by atoms with E-state index in [0.717, 1.165) is 17.0 Å². The Morgan fingerprint density at radius 1 is 1.25 bits per heavy atom. The second-order valence-electron chi connectivity index (χ2n) is 4.95. The van der Waals surface area contributed by atoms with E-state index in [4.69, 9.17) is 0 Å². The summed E-state index contributed by atoms with van der Waals surface area (Å²) in [5.41, 5.74) is 3.01. The van der Waals surface area contributed by atoms with Crippen molar-refractivity contribution in [1.29, 1.82) is 0 Å². The molecule has 3 nitrogen and oxygen atoms in total. The average Bonchev–Trinajstić information content (AvgIpc) is 2.63. The molecule has 1 aromatic heterocycles. The number of likely N-dealkylation sites (N-methyl/N-ethyl adjacent to an activating group) is 1. The highest BCUT2D eigenvalue weighted by molar-refractivity contribution is 5.30. The molecule has 108 valence electrons. The average molecular weight is 279 g/mol. The van der Waals surface area contributed by atoms with Crippen LogP contribution in [0, 0.1) is 25.5 Å². The first-order valence-corrected chi connectivity index (χ1v) is 6.56. The van der Waals surface area contributed by atoms with Crippen molar-refractivity contribution in [2.24, 2.45) is 7.05 Å². The molecule has 0 aliphatic heterocycles. The Kier molecular flexibility index (Phi) is 4.18. The van der Waals surface area contributed by atoms with Crippen molar-refractivity contribution in [1.82, 2.24) is 15.1 Å². The molecule has 0 spiro atoms. The Labute approximate surface area is 117 Å². The molecule has 20 heavy (non-hydrogen) atoms. The highest BCUT2D eigenvalue weighted by Gasteiger charge is 2.21. The Balaban J connectivity index is 2.39. The van der Waals surface area contributed by atoms with Crippen LogP contribution in [0.1, 0.15) is 28.6 Å². The van der Waals surface area contributed by atoms with E-state index in [1.54, 1.807) is 11.7 Å². The maximum absolute atomic E-state index is 13.9. The predicted molar refractivity (Wildman–Crippen MR) is 74.5 cm³/mol. The molecule has 1 N–H and O–H groups in total. The molecule has 0 saturated heterocycles. The number of halogens is 2. The molecule has 1 heterocycles. The molecule has 2 rings (SSSR count). The minimum atomic E-state index is -0.524. The third kappa shape index (κ3) is 2.58. The van der Waals surface area contributed by atoms with Crippen LogP contribution in [0.3, 0.4) is 0 Å². The van der Waals surface area contributed by atoms with Crippen LogP contribution in [0.2, 0.25) is 0 Å². The van der Waals surface area contributed by atoms with E-state index in [1.165, 1.54) is 18.2 Å². The first-order valence-electron chi connectivity index (χ1n) is 6.56. The zero-order chi connectivity index (χ0) is 14.9. The third-order valence-electron chi connectivity index (χ3n) is 3.76. The van der Waals surface area contributed by atoms with Crippen molar-refractivity contribution in [3.8, 4) is 0 Å². The van der Waals surface area contributed by atoms with Gasteiger partial charge in [0.05, 0.1) is 5.69 Å². The highest BCUT2D eigenvalue weighted by atomic mass is 19.1. The minimum absolute atomic E-state index is 0.0812. The molecule has 0 amide bonds. The van der Waals surface area contributed by atoms with Gasteiger partial charge in [-0.3, -0.25) is 4.68 Å². The molecule has 0 aliphatic rings. The van der Waals surface area contributed by atoms with Crippen molar-refractivity contribution >= 4 is 0 Å². The van der Waals surface area contributed by atoms with Gasteiger partial charge in [-0.2, -0.15) is 5.10 Å². The van der Waals surface area contributed by atoms with E-state index in [1.807, 2.05) is 20.9 Å². The van der Waals surface area contributed by atoms with Crippen molar-refractivity contribution in [3.63, 3.8) is 0 Å². The van der Waals surface area contributed by atoms with Gasteiger partial charge in [-0.15, -0.1) is 0 Å². The summed E-state index contributed by atoms with van der Waals surface area (Å²) in [6.45, 7) is 3.87. The van der Waals surface area contributed by atoms with E-state index in [-0.39, 0.29) is 5.56 Å². The Bertz CT molecular complexity index is 600. The summed E-state index contributed by atoms with van der Waals surface area (Å²) in [4.78, 5) is 0. The van der Waals surface area contributed by atoms with Gasteiger partial charge in [-0.05, 0) is 45.0 Å². The number of rotatable bonds is 4. The standard InChI is InChI=1S/C15H19F2N3/c1-9-11(10(2)20(4)19-9)8-14(18-3)15-12(16)6-5-7-13(15)17/h5-7,14,18H,8H2,1-4H3. The van der Waals surface area contributed by atoms with E-state index >= 15 is 0 Å². The Hall–Kier alpha value is -1.75. The van der Waals surface area contributed by atoms with Crippen LogP contribution in [-0.4, -0.2) is 16.8 Å². The van der Waals surface area contributed by atoms with Gasteiger partial charge < -0.3 is 5.32 Å². The van der Waals surface area contributed by atoms with Gasteiger partial charge in [0.2, 0.25) is 0 Å². The Morgan fingerprint density at radius 3 is 2.30 bits per heavy atom. The third-order valence-corrected chi connectivity index (χ3v) is 3.76. The summed E-state index contributed by atoms with van der Waals surface area (Å²) in [7, 11) is 3.57. The van der Waals surface area contributed by atoms with E-state index in [0.29, 0.717) is 6.42 Å². The lowest BCUT2D eigenvalue weighted by molar-refractivity contribution is 0.488. The van der Waals surface area contributed by atoms with E-state index in [2.05, 4.69) is 10.4 Å². The highest BCUT2D eigenvalue weighted by Crippen LogP contribution is 2.26.